The number of nitrogens with zero attached hydrogens (tertiary/aromatic N) is 3. The Hall–Kier alpha value is -2.81. The van der Waals surface area contributed by atoms with E-state index in [1.165, 1.54) is 16.3 Å². The van der Waals surface area contributed by atoms with Gasteiger partial charge in [0.2, 0.25) is 0 Å². The van der Waals surface area contributed by atoms with Crippen LogP contribution in [0, 0.1) is 0 Å². The van der Waals surface area contributed by atoms with Crippen molar-refractivity contribution in [3.05, 3.63) is 78.4 Å². The van der Waals surface area contributed by atoms with Gasteiger partial charge in [-0.3, -0.25) is 0 Å². The van der Waals surface area contributed by atoms with Crippen LogP contribution < -0.4 is 0 Å². The van der Waals surface area contributed by atoms with Gasteiger partial charge >= 0.3 is 0 Å². The molecule has 2 aromatic heterocycles. The van der Waals surface area contributed by atoms with Crippen molar-refractivity contribution in [2.24, 2.45) is 0 Å². The molecule has 0 spiro atoms. The molecule has 3 nitrogen and oxygen atoms in total. The van der Waals surface area contributed by atoms with Gasteiger partial charge in [-0.25, -0.2) is 15.0 Å². The van der Waals surface area contributed by atoms with Crippen LogP contribution in [0.25, 0.3) is 21.8 Å². The van der Waals surface area contributed by atoms with Crippen LogP contribution in [0.4, 0.5) is 0 Å². The van der Waals surface area contributed by atoms with Crippen LogP contribution in [0.2, 0.25) is 0 Å². The van der Waals surface area contributed by atoms with Crippen LogP contribution in [-0.2, 0) is 6.42 Å². The lowest BCUT2D eigenvalue weighted by Crippen LogP contribution is -1.98. The minimum atomic E-state index is 0.713. The smallest absolute Gasteiger partial charge is 0.132 e. The van der Waals surface area contributed by atoms with Gasteiger partial charge in [0.25, 0.3) is 0 Å². The van der Waals surface area contributed by atoms with Gasteiger partial charge in [-0.1, -0.05) is 36.4 Å². The highest BCUT2D eigenvalue weighted by molar-refractivity contribution is 5.97. The summed E-state index contributed by atoms with van der Waals surface area (Å²) in [5, 5.41) is 2.34. The van der Waals surface area contributed by atoms with Crippen LogP contribution in [0.3, 0.4) is 0 Å². The minimum Gasteiger partial charge on any atom is -0.248 e. The molecular formula is C18H13N3. The zero-order chi connectivity index (χ0) is 14.1. The molecule has 0 aliphatic rings. The van der Waals surface area contributed by atoms with Gasteiger partial charge in [0.05, 0.1) is 11.0 Å². The lowest BCUT2D eigenvalue weighted by molar-refractivity contribution is 0.977. The second-order valence-electron chi connectivity index (χ2n) is 4.97. The third kappa shape index (κ3) is 2.13. The molecule has 21 heavy (non-hydrogen) atoms. The molecule has 0 N–H and O–H groups in total. The molecule has 0 atom stereocenters. The molecule has 0 radical (unpaired) electrons. The van der Waals surface area contributed by atoms with Crippen LogP contribution in [0.5, 0.6) is 0 Å². The van der Waals surface area contributed by atoms with E-state index in [0.717, 1.165) is 16.9 Å². The Kier molecular flexibility index (Phi) is 2.82. The molecule has 3 heteroatoms. The molecule has 0 amide bonds. The van der Waals surface area contributed by atoms with Gasteiger partial charge in [-0.15, -0.1) is 0 Å². The Morgan fingerprint density at radius 3 is 1.86 bits per heavy atom. The van der Waals surface area contributed by atoms with E-state index in [1.54, 1.807) is 12.4 Å². The van der Waals surface area contributed by atoms with Crippen LogP contribution in [-0.4, -0.2) is 15.0 Å². The molecule has 4 aromatic rings. The first kappa shape index (κ1) is 12.0. The quantitative estimate of drug-likeness (QED) is 0.521. The Morgan fingerprint density at radius 2 is 1.24 bits per heavy atom. The third-order valence-corrected chi connectivity index (χ3v) is 3.65. The van der Waals surface area contributed by atoms with Crippen molar-refractivity contribution in [1.29, 1.82) is 0 Å². The molecule has 0 saturated carbocycles. The Morgan fingerprint density at radius 1 is 0.667 bits per heavy atom. The first-order chi connectivity index (χ1) is 10.4. The predicted octanol–water partition coefficient (Wildman–Crippen LogP) is 3.77. The second-order valence-corrected chi connectivity index (χ2v) is 4.97. The standard InChI is InChI=1S/C18H13N3/c1-3-8-16-13(6-1)15(12-18-19-10-5-11-20-18)14-7-2-4-9-17(14)21-16/h1-11H,12H2. The first-order valence-corrected chi connectivity index (χ1v) is 6.94. The highest BCUT2D eigenvalue weighted by Gasteiger charge is 2.10. The van der Waals surface area contributed by atoms with E-state index in [4.69, 9.17) is 4.98 Å². The van der Waals surface area contributed by atoms with Crippen molar-refractivity contribution in [3.8, 4) is 0 Å². The maximum Gasteiger partial charge on any atom is 0.132 e. The van der Waals surface area contributed by atoms with E-state index in [1.807, 2.05) is 30.3 Å². The fourth-order valence-electron chi connectivity index (χ4n) is 2.70. The molecule has 0 saturated heterocycles. The lowest BCUT2D eigenvalue weighted by atomic mass is 10.00. The molecule has 100 valence electrons. The van der Waals surface area contributed by atoms with E-state index in [-0.39, 0.29) is 0 Å². The van der Waals surface area contributed by atoms with Crippen molar-refractivity contribution in [2.45, 2.75) is 6.42 Å². The molecule has 0 fully saturated rings. The van der Waals surface area contributed by atoms with Gasteiger partial charge in [-0.05, 0) is 23.8 Å². The maximum atomic E-state index is 4.74. The van der Waals surface area contributed by atoms with Gasteiger partial charge in [-0.2, -0.15) is 0 Å². The number of aromatic nitrogens is 3. The van der Waals surface area contributed by atoms with Crippen molar-refractivity contribution in [3.63, 3.8) is 0 Å². The summed E-state index contributed by atoms with van der Waals surface area (Å²) in [7, 11) is 0. The fourth-order valence-corrected chi connectivity index (χ4v) is 2.70. The molecule has 0 aliphatic carbocycles. The number of rotatable bonds is 2. The summed E-state index contributed by atoms with van der Waals surface area (Å²) >= 11 is 0. The molecule has 0 bridgehead atoms. The summed E-state index contributed by atoms with van der Waals surface area (Å²) in [6.45, 7) is 0. The Bertz CT molecular complexity index is 863. The van der Waals surface area contributed by atoms with E-state index in [9.17, 15) is 0 Å². The van der Waals surface area contributed by atoms with Crippen molar-refractivity contribution < 1.29 is 0 Å². The average molecular weight is 271 g/mol. The number of hydrogen-bond acceptors (Lipinski definition) is 3. The molecule has 2 aromatic carbocycles. The zero-order valence-corrected chi connectivity index (χ0v) is 11.4. The summed E-state index contributed by atoms with van der Waals surface area (Å²) < 4.78 is 0. The highest BCUT2D eigenvalue weighted by Crippen LogP contribution is 2.27. The van der Waals surface area contributed by atoms with Gasteiger partial charge in [0.15, 0.2) is 0 Å². The number of fused-ring (bicyclic) bond motifs is 2. The number of benzene rings is 2. The van der Waals surface area contributed by atoms with E-state index in [0.29, 0.717) is 6.42 Å². The molecule has 0 unspecified atom stereocenters. The minimum absolute atomic E-state index is 0.713. The fraction of sp³-hybridized carbons (Fsp3) is 0.0556. The van der Waals surface area contributed by atoms with Crippen molar-refractivity contribution >= 4 is 21.8 Å². The topological polar surface area (TPSA) is 38.7 Å². The average Bonchev–Trinajstić information content (AvgIpc) is 2.55. The lowest BCUT2D eigenvalue weighted by Gasteiger charge is -2.10. The Labute approximate surface area is 122 Å². The number of pyridine rings is 1. The Balaban J connectivity index is 2.02. The normalized spacial score (nSPS) is 11.0. The predicted molar refractivity (Wildman–Crippen MR) is 84.1 cm³/mol. The molecular weight excluding hydrogens is 258 g/mol. The second kappa shape index (κ2) is 4.94. The zero-order valence-electron chi connectivity index (χ0n) is 11.4. The SMILES string of the molecule is c1cnc(Cc2c3ccccc3nc3ccccc23)nc1. The monoisotopic (exact) mass is 271 g/mol. The summed E-state index contributed by atoms with van der Waals surface area (Å²) in [4.78, 5) is 13.5. The van der Waals surface area contributed by atoms with Crippen LogP contribution in [0.15, 0.2) is 67.0 Å². The van der Waals surface area contributed by atoms with E-state index >= 15 is 0 Å². The first-order valence-electron chi connectivity index (χ1n) is 6.94. The molecule has 4 rings (SSSR count). The van der Waals surface area contributed by atoms with Gasteiger partial charge in [0, 0.05) is 29.6 Å². The summed E-state index contributed by atoms with van der Waals surface area (Å²) in [5.41, 5.74) is 3.27. The van der Waals surface area contributed by atoms with Crippen LogP contribution >= 0.6 is 0 Å². The van der Waals surface area contributed by atoms with Crippen molar-refractivity contribution in [1.82, 2.24) is 15.0 Å². The van der Waals surface area contributed by atoms with Gasteiger partial charge < -0.3 is 0 Å². The summed E-state index contributed by atoms with van der Waals surface area (Å²) in [5.74, 6) is 0.832. The number of para-hydroxylation sites is 2. The van der Waals surface area contributed by atoms with Gasteiger partial charge in [0.1, 0.15) is 5.82 Å². The largest absolute Gasteiger partial charge is 0.248 e. The summed E-state index contributed by atoms with van der Waals surface area (Å²) in [6, 6.07) is 18.3. The highest BCUT2D eigenvalue weighted by atomic mass is 14.8. The number of hydrogen-bond donors (Lipinski definition) is 0. The molecule has 2 heterocycles. The molecule has 0 aliphatic heterocycles. The van der Waals surface area contributed by atoms with E-state index in [2.05, 4.69) is 34.2 Å². The van der Waals surface area contributed by atoms with Crippen molar-refractivity contribution in [2.75, 3.05) is 0 Å². The van der Waals surface area contributed by atoms with E-state index < -0.39 is 0 Å². The summed E-state index contributed by atoms with van der Waals surface area (Å²) in [6.07, 6.45) is 4.28. The van der Waals surface area contributed by atoms with Crippen LogP contribution in [0.1, 0.15) is 11.4 Å². The third-order valence-electron chi connectivity index (χ3n) is 3.65. The maximum absolute atomic E-state index is 4.74.